The Bertz CT molecular complexity index is 1750. The van der Waals surface area contributed by atoms with Crippen molar-refractivity contribution < 1.29 is 22.0 Å². The van der Waals surface area contributed by atoms with Crippen molar-refractivity contribution in [3.63, 3.8) is 0 Å². The van der Waals surface area contributed by atoms with Crippen LogP contribution < -0.4 is 16.7 Å². The second-order valence-corrected chi connectivity index (χ2v) is 9.19. The Morgan fingerprint density at radius 1 is 1.10 bits per heavy atom. The Labute approximate surface area is 223 Å². The van der Waals surface area contributed by atoms with Crippen molar-refractivity contribution in [3.05, 3.63) is 95.2 Å². The van der Waals surface area contributed by atoms with Gasteiger partial charge in [0, 0.05) is 30.3 Å². The van der Waals surface area contributed by atoms with Crippen LogP contribution in [0.2, 0.25) is 5.02 Å². The number of hydrogen-bond acceptors (Lipinski definition) is 8. The molecule has 0 aliphatic heterocycles. The van der Waals surface area contributed by atoms with Crippen molar-refractivity contribution in [2.24, 2.45) is 12.2 Å². The van der Waals surface area contributed by atoms with Crippen LogP contribution in [0.4, 0.5) is 33.6 Å². The van der Waals surface area contributed by atoms with Crippen LogP contribution in [0, 0.1) is 22.4 Å². The van der Waals surface area contributed by atoms with E-state index in [1.807, 2.05) is 0 Å². The number of thioether (sulfide) groups is 1. The van der Waals surface area contributed by atoms with E-state index in [9.17, 15) is 36.4 Å². The minimum absolute atomic E-state index is 0.0369. The zero-order valence-corrected chi connectivity index (χ0v) is 21.2. The molecule has 0 amide bonds. The molecule has 39 heavy (non-hydrogen) atoms. The summed E-state index contributed by atoms with van der Waals surface area (Å²) in [7, 11) is 1.67. The van der Waals surface area contributed by atoms with Gasteiger partial charge in [0.1, 0.15) is 17.5 Å². The highest BCUT2D eigenvalue weighted by Gasteiger charge is 2.20. The number of nitrogens with one attached hydrogen (secondary N) is 1. The van der Waals surface area contributed by atoms with Gasteiger partial charge in [-0.25, -0.2) is 31.7 Å². The van der Waals surface area contributed by atoms with Crippen molar-refractivity contribution in [2.45, 2.75) is 13.1 Å². The smallest absolute Gasteiger partial charge is 0.324 e. The largest absolute Gasteiger partial charge is 0.355 e. The maximum Gasteiger partial charge on any atom is 0.355 e. The summed E-state index contributed by atoms with van der Waals surface area (Å²) >= 11 is 6.28. The number of nitrogens with zero attached hydrogens (tertiary/aromatic N) is 6. The summed E-state index contributed by atoms with van der Waals surface area (Å²) in [5, 5.41) is 8.60. The van der Waals surface area contributed by atoms with Crippen molar-refractivity contribution >= 4 is 45.9 Å². The van der Waals surface area contributed by atoms with Gasteiger partial charge in [0.25, 0.3) is 0 Å². The number of aryl methyl sites for hydroxylation is 1. The lowest BCUT2D eigenvalue weighted by Crippen LogP contribution is -2.43. The van der Waals surface area contributed by atoms with Gasteiger partial charge in [0.15, 0.2) is 16.8 Å². The molecule has 0 saturated heterocycles. The topological polar surface area (TPSA) is 116 Å². The molecule has 0 bridgehead atoms. The van der Waals surface area contributed by atoms with Gasteiger partial charge in [-0.2, -0.15) is 14.5 Å². The van der Waals surface area contributed by atoms with Gasteiger partial charge in [0.2, 0.25) is 5.95 Å². The highest BCUT2D eigenvalue weighted by molar-refractivity contribution is 8.02. The van der Waals surface area contributed by atoms with Gasteiger partial charge >= 0.3 is 11.4 Å². The van der Waals surface area contributed by atoms with E-state index in [0.717, 1.165) is 0 Å². The van der Waals surface area contributed by atoms with E-state index >= 15 is 0 Å². The zero-order valence-electron chi connectivity index (χ0n) is 19.6. The van der Waals surface area contributed by atoms with E-state index in [0.29, 0.717) is 21.5 Å². The molecule has 0 saturated carbocycles. The summed E-state index contributed by atoms with van der Waals surface area (Å²) in [5.41, 5.74) is -3.38. The van der Waals surface area contributed by atoms with Crippen LogP contribution in [0.5, 0.6) is 0 Å². The molecule has 2 aromatic heterocycles. The molecule has 2 heterocycles. The number of aromatic nitrogens is 5. The van der Waals surface area contributed by atoms with Crippen molar-refractivity contribution in [3.8, 4) is 0 Å². The van der Waals surface area contributed by atoms with E-state index in [4.69, 9.17) is 11.6 Å². The van der Waals surface area contributed by atoms with E-state index < -0.39 is 70.3 Å². The molecule has 0 radical (unpaired) electrons. The van der Waals surface area contributed by atoms with Crippen LogP contribution >= 0.6 is 23.4 Å². The maximum atomic E-state index is 14.5. The number of fused-ring (bicyclic) bond motifs is 1. The van der Waals surface area contributed by atoms with Crippen molar-refractivity contribution in [1.82, 2.24) is 23.9 Å². The number of anilines is 2. The van der Waals surface area contributed by atoms with E-state index in [-0.39, 0.29) is 33.1 Å². The summed E-state index contributed by atoms with van der Waals surface area (Å²) in [6.07, 6.45) is 1.65. The first-order chi connectivity index (χ1) is 18.5. The Morgan fingerprint density at radius 3 is 2.51 bits per heavy atom. The number of allylic oxidation sites excluding steroid dienone is 1. The molecule has 0 spiro atoms. The first-order valence-electron chi connectivity index (χ1n) is 10.7. The highest BCUT2D eigenvalue weighted by Crippen LogP contribution is 2.29. The molecule has 0 atom stereocenters. The van der Waals surface area contributed by atoms with Gasteiger partial charge in [0.05, 0.1) is 29.3 Å². The third-order valence-corrected chi connectivity index (χ3v) is 6.26. The van der Waals surface area contributed by atoms with E-state index in [1.165, 1.54) is 16.8 Å². The molecule has 10 nitrogen and oxygen atoms in total. The second-order valence-electron chi connectivity index (χ2n) is 7.91. The van der Waals surface area contributed by atoms with Gasteiger partial charge in [-0.05, 0) is 23.4 Å². The molecule has 0 aliphatic rings. The lowest BCUT2D eigenvalue weighted by molar-refractivity contribution is 0.485. The summed E-state index contributed by atoms with van der Waals surface area (Å²) in [5.74, 6) is -4.62. The summed E-state index contributed by atoms with van der Waals surface area (Å²) < 4.78 is 70.8. The third-order valence-electron chi connectivity index (χ3n) is 5.35. The minimum atomic E-state index is -1.48. The Balaban J connectivity index is 1.88. The maximum absolute atomic E-state index is 14.5. The molecule has 0 unspecified atom stereocenters. The number of hydrogen-bond donors (Lipinski definition) is 1. The quantitative estimate of drug-likeness (QED) is 0.171. The number of alkyl halides is 1. The summed E-state index contributed by atoms with van der Waals surface area (Å²) in [4.78, 5) is 40.9. The Morgan fingerprint density at radius 2 is 1.82 bits per heavy atom. The highest BCUT2D eigenvalue weighted by atomic mass is 35.5. The molecule has 0 aliphatic carbocycles. The molecule has 1 N–H and O–H groups in total. The van der Waals surface area contributed by atoms with Gasteiger partial charge in [-0.1, -0.05) is 23.4 Å². The lowest BCUT2D eigenvalue weighted by atomic mass is 10.2. The molecular weight excluding hydrogens is 573 g/mol. The molecule has 4 rings (SSSR count). The van der Waals surface area contributed by atoms with Crippen LogP contribution in [0.15, 0.2) is 56.1 Å². The monoisotopic (exact) mass is 587 g/mol. The summed E-state index contributed by atoms with van der Waals surface area (Å²) in [6, 6.07) is 2.51. The number of halogens is 6. The SMILES string of the molecule is Cn1cc2cc(Nc3nc(=O)n(C/C(N=O)=C(\F)SCF)c(=O)n3Cc3cc(F)c(F)cc3F)c(Cl)cc2n1. The fourth-order valence-corrected chi connectivity index (χ4v) is 4.12. The van der Waals surface area contributed by atoms with E-state index in [2.05, 4.69) is 20.6 Å². The van der Waals surface area contributed by atoms with Crippen LogP contribution in [0.3, 0.4) is 0 Å². The van der Waals surface area contributed by atoms with Crippen molar-refractivity contribution in [2.75, 3.05) is 11.3 Å². The zero-order chi connectivity index (χ0) is 28.4. The second kappa shape index (κ2) is 11.4. The first-order valence-corrected chi connectivity index (χ1v) is 12.0. The van der Waals surface area contributed by atoms with E-state index in [1.54, 1.807) is 13.2 Å². The number of nitroso groups, excluding NO2 is 1. The Hall–Kier alpha value is -4.05. The molecule has 4 aromatic rings. The first kappa shape index (κ1) is 28.0. The van der Waals surface area contributed by atoms with Crippen LogP contribution in [-0.4, -0.2) is 29.9 Å². The normalized spacial score (nSPS) is 12.1. The average Bonchev–Trinajstić information content (AvgIpc) is 3.23. The van der Waals surface area contributed by atoms with Crippen LogP contribution in [0.1, 0.15) is 5.56 Å². The van der Waals surface area contributed by atoms with Crippen LogP contribution in [-0.2, 0) is 20.1 Å². The third kappa shape index (κ3) is 5.85. The predicted molar refractivity (Wildman–Crippen MR) is 135 cm³/mol. The summed E-state index contributed by atoms with van der Waals surface area (Å²) in [6.45, 7) is -1.84. The molecule has 204 valence electrons. The predicted octanol–water partition coefficient (Wildman–Crippen LogP) is 4.72. The fourth-order valence-electron chi connectivity index (χ4n) is 3.55. The van der Waals surface area contributed by atoms with Gasteiger partial charge < -0.3 is 5.32 Å². The Kier molecular flexibility index (Phi) is 8.15. The van der Waals surface area contributed by atoms with Gasteiger partial charge in [-0.3, -0.25) is 9.25 Å². The van der Waals surface area contributed by atoms with Gasteiger partial charge in [-0.15, -0.1) is 4.91 Å². The molecule has 17 heteroatoms. The minimum Gasteiger partial charge on any atom is -0.324 e. The molecule has 2 aromatic carbocycles. The standard InChI is InChI=1S/C22H15ClF5N7O3S/c1-33-6-11-3-17(12(23)4-16(11)31-33)29-20-30-21(36)35(8-18(32-38)19(28)39-9-24)22(37)34(20)7-10-2-14(26)15(27)5-13(10)25/h2-6H,7-9H2,1H3,(H,29,30,36)/b19-18-. The average molecular weight is 588 g/mol. The van der Waals surface area contributed by atoms with Crippen LogP contribution in [0.25, 0.3) is 10.9 Å². The molecule has 0 fully saturated rings. The lowest BCUT2D eigenvalue weighted by Gasteiger charge is -2.16. The number of rotatable bonds is 9. The number of benzene rings is 2. The van der Waals surface area contributed by atoms with Crippen molar-refractivity contribution in [1.29, 1.82) is 0 Å². The fraction of sp³-hybridized carbons (Fsp3) is 0.182. The molecular formula is C22H15ClF5N7O3S.